The van der Waals surface area contributed by atoms with Crippen LogP contribution in [0, 0.1) is 6.57 Å². The summed E-state index contributed by atoms with van der Waals surface area (Å²) in [6.07, 6.45) is 6.02. The van der Waals surface area contributed by atoms with Gasteiger partial charge in [-0.1, -0.05) is 201 Å². The minimum Gasteiger partial charge on any atom is -0.238 e. The molecular formula is C58H42N4. The zero-order chi connectivity index (χ0) is 41.5. The lowest BCUT2D eigenvalue weighted by Crippen LogP contribution is -2.28. The molecule has 0 bridgehead atoms. The van der Waals surface area contributed by atoms with Crippen molar-refractivity contribution in [3.8, 4) is 89.8 Å². The first-order chi connectivity index (χ1) is 30.6. The molecule has 8 aromatic carbocycles. The molecule has 4 heteroatoms. The van der Waals surface area contributed by atoms with Gasteiger partial charge in [0.05, 0.1) is 6.57 Å². The van der Waals surface area contributed by atoms with Crippen LogP contribution in [0.5, 0.6) is 0 Å². The first-order valence-corrected chi connectivity index (χ1v) is 21.6. The van der Waals surface area contributed by atoms with E-state index in [1.165, 1.54) is 69.3 Å². The van der Waals surface area contributed by atoms with Crippen LogP contribution < -0.4 is 0 Å². The van der Waals surface area contributed by atoms with Crippen LogP contribution in [0.4, 0.5) is 5.69 Å². The van der Waals surface area contributed by atoms with Crippen molar-refractivity contribution in [2.24, 2.45) is 0 Å². The summed E-state index contributed by atoms with van der Waals surface area (Å²) in [5.74, 6) is 1.93. The zero-order valence-corrected chi connectivity index (χ0v) is 34.3. The lowest BCUT2D eigenvalue weighted by Gasteiger charge is -2.36. The highest BCUT2D eigenvalue weighted by Crippen LogP contribution is 2.57. The number of benzene rings is 8. The van der Waals surface area contributed by atoms with E-state index in [-0.39, 0.29) is 5.41 Å². The fourth-order valence-corrected chi connectivity index (χ4v) is 9.76. The van der Waals surface area contributed by atoms with Crippen LogP contribution in [0.3, 0.4) is 0 Å². The Morgan fingerprint density at radius 3 is 1.24 bits per heavy atom. The molecule has 0 atom stereocenters. The van der Waals surface area contributed by atoms with Gasteiger partial charge in [0.1, 0.15) is 0 Å². The fraction of sp³-hybridized carbons (Fsp3) is 0.103. The summed E-state index contributed by atoms with van der Waals surface area (Å²) in [7, 11) is 0. The van der Waals surface area contributed by atoms with E-state index in [9.17, 15) is 0 Å². The molecule has 2 aliphatic carbocycles. The molecule has 0 radical (unpaired) electrons. The van der Waals surface area contributed by atoms with E-state index in [2.05, 4.69) is 157 Å². The van der Waals surface area contributed by atoms with Gasteiger partial charge in [0.2, 0.25) is 0 Å². The summed E-state index contributed by atoms with van der Waals surface area (Å²) in [6.45, 7) is 7.70. The smallest absolute Gasteiger partial charge is 0.187 e. The van der Waals surface area contributed by atoms with Crippen molar-refractivity contribution in [2.45, 2.75) is 37.5 Å². The second-order valence-electron chi connectivity index (χ2n) is 16.6. The van der Waals surface area contributed by atoms with Gasteiger partial charge >= 0.3 is 0 Å². The molecule has 0 N–H and O–H groups in total. The van der Waals surface area contributed by atoms with Crippen LogP contribution >= 0.6 is 0 Å². The molecule has 62 heavy (non-hydrogen) atoms. The third kappa shape index (κ3) is 6.79. The largest absolute Gasteiger partial charge is 0.238 e. The number of hydrogen-bond donors (Lipinski definition) is 0. The lowest BCUT2D eigenvalue weighted by molar-refractivity contribution is 0.353. The molecule has 9 aromatic rings. The Balaban J connectivity index is 0.861. The Bertz CT molecular complexity index is 3120. The highest BCUT2D eigenvalue weighted by atomic mass is 15.0. The van der Waals surface area contributed by atoms with E-state index >= 15 is 0 Å². The van der Waals surface area contributed by atoms with E-state index < -0.39 is 0 Å². The molecule has 4 nitrogen and oxygen atoms in total. The molecular weight excluding hydrogens is 753 g/mol. The standard InChI is InChI=1S/C58H42N4/c1-59-50-31-33-52-51-32-30-49(37-53(51)58(54(52)38-50)34-9-4-10-35-58)48-17-11-16-47(36-48)43-20-18-41(19-21-43)42-24-28-46(29-25-42)57-61-55(44-14-7-3-8-15-44)60-56(62-57)45-26-22-40(23-27-45)39-12-5-2-6-13-39/h2-3,5-8,11-33,36-38H,4,9-10,34-35H2. The van der Waals surface area contributed by atoms with Crippen LogP contribution in [-0.2, 0) is 5.41 Å². The summed E-state index contributed by atoms with van der Waals surface area (Å²) in [5.41, 5.74) is 18.4. The zero-order valence-electron chi connectivity index (χ0n) is 34.3. The van der Waals surface area contributed by atoms with Gasteiger partial charge in [0, 0.05) is 22.1 Å². The molecule has 0 saturated heterocycles. The summed E-state index contributed by atoms with van der Waals surface area (Å²) >= 11 is 0. The van der Waals surface area contributed by atoms with E-state index in [0.29, 0.717) is 17.5 Å². The quantitative estimate of drug-likeness (QED) is 0.151. The van der Waals surface area contributed by atoms with E-state index in [4.69, 9.17) is 21.5 Å². The summed E-state index contributed by atoms with van der Waals surface area (Å²) in [6, 6.07) is 68.6. The van der Waals surface area contributed by atoms with Crippen LogP contribution in [-0.4, -0.2) is 15.0 Å². The van der Waals surface area contributed by atoms with E-state index in [1.54, 1.807) is 0 Å². The Kier molecular flexibility index (Phi) is 9.44. The van der Waals surface area contributed by atoms with Crippen molar-refractivity contribution in [3.05, 3.63) is 217 Å². The number of fused-ring (bicyclic) bond motifs is 5. The van der Waals surface area contributed by atoms with Gasteiger partial charge in [-0.25, -0.2) is 19.8 Å². The maximum atomic E-state index is 7.70. The van der Waals surface area contributed by atoms with Crippen LogP contribution in [0.25, 0.3) is 94.6 Å². The van der Waals surface area contributed by atoms with Gasteiger partial charge in [0.15, 0.2) is 23.2 Å². The maximum Gasteiger partial charge on any atom is 0.187 e. The van der Waals surface area contributed by atoms with Gasteiger partial charge in [0.25, 0.3) is 0 Å². The minimum atomic E-state index is 0.000538. The first kappa shape index (κ1) is 37.3. The summed E-state index contributed by atoms with van der Waals surface area (Å²) in [5, 5.41) is 0. The second kappa shape index (κ2) is 15.7. The highest BCUT2D eigenvalue weighted by molar-refractivity contribution is 5.86. The van der Waals surface area contributed by atoms with Crippen molar-refractivity contribution in [1.29, 1.82) is 0 Å². The predicted molar refractivity (Wildman–Crippen MR) is 253 cm³/mol. The van der Waals surface area contributed by atoms with Crippen LogP contribution in [0.2, 0.25) is 0 Å². The second-order valence-corrected chi connectivity index (χ2v) is 16.6. The molecule has 294 valence electrons. The Labute approximate surface area is 363 Å². The van der Waals surface area contributed by atoms with Crippen molar-refractivity contribution in [2.75, 3.05) is 0 Å². The van der Waals surface area contributed by atoms with Gasteiger partial charge in [-0.05, 0) is 91.7 Å². The first-order valence-electron chi connectivity index (χ1n) is 21.6. The Hall–Kier alpha value is -7.74. The topological polar surface area (TPSA) is 43.0 Å². The average Bonchev–Trinajstić information content (AvgIpc) is 3.61. The van der Waals surface area contributed by atoms with Gasteiger partial charge in [-0.3, -0.25) is 0 Å². The van der Waals surface area contributed by atoms with Gasteiger partial charge in [-0.15, -0.1) is 0 Å². The fourth-order valence-electron chi connectivity index (χ4n) is 9.76. The van der Waals surface area contributed by atoms with Crippen molar-refractivity contribution >= 4 is 5.69 Å². The summed E-state index contributed by atoms with van der Waals surface area (Å²) < 4.78 is 0. The number of hydrogen-bond acceptors (Lipinski definition) is 3. The van der Waals surface area contributed by atoms with Gasteiger partial charge < -0.3 is 0 Å². The number of aromatic nitrogens is 3. The maximum absolute atomic E-state index is 7.70. The average molecular weight is 795 g/mol. The monoisotopic (exact) mass is 794 g/mol. The van der Waals surface area contributed by atoms with Crippen molar-refractivity contribution in [3.63, 3.8) is 0 Å². The third-order valence-electron chi connectivity index (χ3n) is 13.0. The number of rotatable bonds is 7. The third-order valence-corrected chi connectivity index (χ3v) is 13.0. The minimum absolute atomic E-state index is 0.000538. The predicted octanol–water partition coefficient (Wildman–Crippen LogP) is 15.3. The molecule has 1 spiro atoms. The summed E-state index contributed by atoms with van der Waals surface area (Å²) in [4.78, 5) is 18.7. The molecule has 1 heterocycles. The molecule has 2 aliphatic rings. The SMILES string of the molecule is [C-]#[N+]c1ccc2c(c1)C1(CCCCC1)c1cc(-c3cccc(-c4ccc(-c5ccc(-c6nc(-c7ccccc7)nc(-c7ccc(-c8ccccc8)cc7)n6)cc5)cc4)c3)ccc1-2. The van der Waals surface area contributed by atoms with E-state index in [1.807, 2.05) is 42.5 Å². The molecule has 0 aliphatic heterocycles. The van der Waals surface area contributed by atoms with Gasteiger partial charge in [-0.2, -0.15) is 0 Å². The Morgan fingerprint density at radius 2 is 0.710 bits per heavy atom. The molecule has 1 fully saturated rings. The molecule has 0 amide bonds. The molecule has 11 rings (SSSR count). The molecule has 1 saturated carbocycles. The van der Waals surface area contributed by atoms with Crippen molar-refractivity contribution < 1.29 is 0 Å². The van der Waals surface area contributed by atoms with Crippen molar-refractivity contribution in [1.82, 2.24) is 15.0 Å². The highest BCUT2D eigenvalue weighted by Gasteiger charge is 2.43. The van der Waals surface area contributed by atoms with E-state index in [0.717, 1.165) is 51.9 Å². The van der Waals surface area contributed by atoms with Crippen LogP contribution in [0.1, 0.15) is 43.2 Å². The molecule has 1 aromatic heterocycles. The number of nitrogens with zero attached hydrogens (tertiary/aromatic N) is 4. The molecule has 0 unspecified atom stereocenters. The van der Waals surface area contributed by atoms with Crippen LogP contribution in [0.15, 0.2) is 194 Å². The lowest BCUT2D eigenvalue weighted by atomic mass is 9.67. The Morgan fingerprint density at radius 1 is 0.339 bits per heavy atom. The normalized spacial score (nSPS) is 13.6.